The Balaban J connectivity index is 1.34. The van der Waals surface area contributed by atoms with Crippen LogP contribution in [0.25, 0.3) is 10.8 Å². The largest absolute Gasteiger partial charge is 0.370 e. The summed E-state index contributed by atoms with van der Waals surface area (Å²) < 4.78 is 5.79. The molecule has 0 bridgehead atoms. The van der Waals surface area contributed by atoms with Crippen molar-refractivity contribution in [2.24, 2.45) is 0 Å². The number of hydrogen-bond donors (Lipinski definition) is 2. The number of thiophene rings is 1. The molecule has 0 aliphatic carbocycles. The number of rotatable bonds is 15. The second-order valence-electron chi connectivity index (χ2n) is 11.9. The van der Waals surface area contributed by atoms with Gasteiger partial charge in [0.1, 0.15) is 18.7 Å². The molecular weight excluding hydrogens is 598 g/mol. The number of nitrogens with one attached hydrogen (secondary N) is 2. The Bertz CT molecular complexity index is 1580. The van der Waals surface area contributed by atoms with Gasteiger partial charge in [0.25, 0.3) is 0 Å². The molecule has 9 nitrogen and oxygen atoms in total. The van der Waals surface area contributed by atoms with Crippen molar-refractivity contribution in [2.75, 3.05) is 40.4 Å². The van der Waals surface area contributed by atoms with E-state index >= 15 is 0 Å². The third-order valence-corrected chi connectivity index (χ3v) is 9.55. The summed E-state index contributed by atoms with van der Waals surface area (Å²) in [7, 11) is 3.32. The van der Waals surface area contributed by atoms with Crippen LogP contribution in [0.15, 0.2) is 84.5 Å². The molecule has 3 heterocycles. The molecule has 3 amide bonds. The van der Waals surface area contributed by atoms with Crippen molar-refractivity contribution in [1.29, 1.82) is 0 Å². The standard InChI is InChI=1S/C36H43N5O4S/c1-40(34(42)25-45-24-30-9-5-16-38-30)33(22-27-11-12-28-7-3-4-8-29(28)21-27)36(44)41(2)32(23-31-10-6-20-46-31)35(43)39-19-15-26-13-17-37-18-14-26/h3-4,6-8,10-14,17-18,20-21,30,32-33,38H,5,9,15-16,19,22-25H2,1-2H3,(H,39,43)/t30-,32-,33-/m1/s1. The molecule has 1 fully saturated rings. The number of pyridine rings is 1. The van der Waals surface area contributed by atoms with E-state index in [0.717, 1.165) is 46.2 Å². The third-order valence-electron chi connectivity index (χ3n) is 8.65. The maximum atomic E-state index is 14.4. The zero-order valence-corrected chi connectivity index (χ0v) is 27.4. The van der Waals surface area contributed by atoms with Crippen molar-refractivity contribution >= 4 is 39.8 Å². The Kier molecular flexibility index (Phi) is 11.9. The zero-order chi connectivity index (χ0) is 32.3. The highest BCUT2D eigenvalue weighted by atomic mass is 32.1. The molecule has 10 heteroatoms. The third kappa shape index (κ3) is 8.99. The van der Waals surface area contributed by atoms with E-state index < -0.39 is 12.1 Å². The number of benzene rings is 2. The molecule has 0 spiro atoms. The Morgan fingerprint density at radius 3 is 2.50 bits per heavy atom. The van der Waals surface area contributed by atoms with Gasteiger partial charge in [0.15, 0.2) is 0 Å². The number of amides is 3. The lowest BCUT2D eigenvalue weighted by molar-refractivity contribution is -0.149. The number of fused-ring (bicyclic) bond motifs is 1. The van der Waals surface area contributed by atoms with E-state index in [1.165, 1.54) is 9.80 Å². The first-order chi connectivity index (χ1) is 22.4. The van der Waals surface area contributed by atoms with Gasteiger partial charge in [0, 0.05) is 56.8 Å². The molecule has 5 rings (SSSR count). The summed E-state index contributed by atoms with van der Waals surface area (Å²) >= 11 is 1.55. The molecule has 2 aromatic carbocycles. The number of hydrogen-bond acceptors (Lipinski definition) is 7. The summed E-state index contributed by atoms with van der Waals surface area (Å²) in [5, 5.41) is 10.5. The van der Waals surface area contributed by atoms with Gasteiger partial charge in [-0.3, -0.25) is 19.4 Å². The van der Waals surface area contributed by atoms with Crippen LogP contribution in [0.1, 0.15) is 28.8 Å². The van der Waals surface area contributed by atoms with Crippen LogP contribution in [0.4, 0.5) is 0 Å². The average molecular weight is 642 g/mol. The lowest BCUT2D eigenvalue weighted by Gasteiger charge is -2.34. The molecule has 1 saturated heterocycles. The summed E-state index contributed by atoms with van der Waals surface area (Å²) in [6, 6.07) is 20.6. The highest BCUT2D eigenvalue weighted by molar-refractivity contribution is 7.09. The fourth-order valence-electron chi connectivity index (χ4n) is 5.85. The van der Waals surface area contributed by atoms with Gasteiger partial charge in [-0.25, -0.2) is 0 Å². The number of carbonyl (C=O) groups is 3. The van der Waals surface area contributed by atoms with Crippen LogP contribution >= 0.6 is 11.3 Å². The number of likely N-dealkylation sites (N-methyl/N-ethyl adjacent to an activating group) is 2. The number of carbonyl (C=O) groups excluding carboxylic acids is 3. The fourth-order valence-corrected chi connectivity index (χ4v) is 6.60. The second kappa shape index (κ2) is 16.4. The quantitative estimate of drug-likeness (QED) is 0.204. The van der Waals surface area contributed by atoms with Crippen LogP contribution in [0.5, 0.6) is 0 Å². The molecule has 0 unspecified atom stereocenters. The normalized spacial score (nSPS) is 15.7. The summed E-state index contributed by atoms with van der Waals surface area (Å²) in [5.74, 6) is -0.807. The SMILES string of the molecule is CN(C(=O)COC[C@H]1CCCN1)[C@H](Cc1ccc2ccccc2c1)C(=O)N(C)[C@H](Cc1cccs1)C(=O)NCCc1ccncc1. The highest BCUT2D eigenvalue weighted by Crippen LogP contribution is 2.21. The van der Waals surface area contributed by atoms with Gasteiger partial charge < -0.3 is 25.2 Å². The molecular formula is C36H43N5O4S. The molecule has 3 atom stereocenters. The number of nitrogens with zero attached hydrogens (tertiary/aromatic N) is 3. The van der Waals surface area contributed by atoms with Crippen molar-refractivity contribution in [3.63, 3.8) is 0 Å². The predicted molar refractivity (Wildman–Crippen MR) is 182 cm³/mol. The van der Waals surface area contributed by atoms with Gasteiger partial charge in [0.2, 0.25) is 17.7 Å². The first-order valence-corrected chi connectivity index (χ1v) is 16.8. The maximum absolute atomic E-state index is 14.4. The molecule has 2 N–H and O–H groups in total. The molecule has 4 aromatic rings. The Morgan fingerprint density at radius 1 is 0.957 bits per heavy atom. The van der Waals surface area contributed by atoms with Crippen LogP contribution in [0.3, 0.4) is 0 Å². The first kappa shape index (κ1) is 33.2. The number of aromatic nitrogens is 1. The topological polar surface area (TPSA) is 104 Å². The molecule has 1 aliphatic rings. The van der Waals surface area contributed by atoms with E-state index in [2.05, 4.69) is 21.7 Å². The molecule has 46 heavy (non-hydrogen) atoms. The molecule has 1 aliphatic heterocycles. The van der Waals surface area contributed by atoms with Crippen LogP contribution in [0.2, 0.25) is 0 Å². The molecule has 0 radical (unpaired) electrons. The predicted octanol–water partition coefficient (Wildman–Crippen LogP) is 3.86. The van der Waals surface area contributed by atoms with Gasteiger partial charge in [-0.05, 0) is 71.3 Å². The monoisotopic (exact) mass is 641 g/mol. The average Bonchev–Trinajstić information content (AvgIpc) is 3.80. The molecule has 242 valence electrons. The minimum atomic E-state index is -0.831. The van der Waals surface area contributed by atoms with E-state index in [4.69, 9.17) is 4.74 Å². The first-order valence-electron chi connectivity index (χ1n) is 15.9. The Labute approximate surface area is 275 Å². The zero-order valence-electron chi connectivity index (χ0n) is 26.6. The van der Waals surface area contributed by atoms with Gasteiger partial charge in [-0.2, -0.15) is 0 Å². The summed E-state index contributed by atoms with van der Waals surface area (Å²) in [4.78, 5) is 49.6. The van der Waals surface area contributed by atoms with Crippen molar-refractivity contribution in [1.82, 2.24) is 25.4 Å². The van der Waals surface area contributed by atoms with E-state index in [1.54, 1.807) is 37.8 Å². The van der Waals surface area contributed by atoms with Gasteiger partial charge in [0.05, 0.1) is 6.61 Å². The summed E-state index contributed by atoms with van der Waals surface area (Å²) in [6.07, 6.45) is 6.90. The van der Waals surface area contributed by atoms with Crippen LogP contribution in [-0.2, 0) is 38.4 Å². The van der Waals surface area contributed by atoms with E-state index in [-0.39, 0.29) is 30.4 Å². The lowest BCUT2D eigenvalue weighted by atomic mass is 9.99. The van der Waals surface area contributed by atoms with Crippen LogP contribution in [-0.4, -0.2) is 91.0 Å². The van der Waals surface area contributed by atoms with Crippen molar-refractivity contribution in [3.8, 4) is 0 Å². The van der Waals surface area contributed by atoms with Crippen molar-refractivity contribution in [3.05, 3.63) is 101 Å². The lowest BCUT2D eigenvalue weighted by Crippen LogP contribution is -2.56. The van der Waals surface area contributed by atoms with Crippen molar-refractivity contribution < 1.29 is 19.1 Å². The molecule has 2 aromatic heterocycles. The van der Waals surface area contributed by atoms with Crippen LogP contribution in [0, 0.1) is 0 Å². The van der Waals surface area contributed by atoms with Crippen LogP contribution < -0.4 is 10.6 Å². The van der Waals surface area contributed by atoms with Gasteiger partial charge >= 0.3 is 0 Å². The molecule has 0 saturated carbocycles. The minimum Gasteiger partial charge on any atom is -0.370 e. The van der Waals surface area contributed by atoms with Crippen molar-refractivity contribution in [2.45, 2.75) is 50.2 Å². The minimum absolute atomic E-state index is 0.117. The summed E-state index contributed by atoms with van der Waals surface area (Å²) in [6.45, 7) is 1.72. The van der Waals surface area contributed by atoms with E-state index in [0.29, 0.717) is 32.4 Å². The Hall–Kier alpha value is -4.12. The fraction of sp³-hybridized carbons (Fsp3) is 0.389. The summed E-state index contributed by atoms with van der Waals surface area (Å²) in [5.41, 5.74) is 1.99. The van der Waals surface area contributed by atoms with E-state index in [9.17, 15) is 14.4 Å². The van der Waals surface area contributed by atoms with Gasteiger partial charge in [-0.1, -0.05) is 48.5 Å². The second-order valence-corrected chi connectivity index (χ2v) is 12.9. The number of ether oxygens (including phenoxy) is 1. The van der Waals surface area contributed by atoms with E-state index in [1.807, 2.05) is 66.0 Å². The highest BCUT2D eigenvalue weighted by Gasteiger charge is 2.35. The smallest absolute Gasteiger partial charge is 0.249 e. The van der Waals surface area contributed by atoms with Gasteiger partial charge in [-0.15, -0.1) is 11.3 Å². The maximum Gasteiger partial charge on any atom is 0.249 e. The Morgan fingerprint density at radius 2 is 1.76 bits per heavy atom.